The Hall–Kier alpha value is -3.64. The molecule has 0 heterocycles. The standard InChI is InChI=1S/C34H30/c1-19-13-21(3)31(22(4)14-19)29-17-25-9-8-12-28-30(32-23(5)15-20(2)16-24(32)6)18-26-10-7-11-27(29)33(26)34(25)28/h7-18H,1-6H3. The molecular weight excluding hydrogens is 408 g/mol. The molecule has 6 aromatic rings. The van der Waals surface area contributed by atoms with Crippen molar-refractivity contribution in [1.82, 2.24) is 0 Å². The fourth-order valence-corrected chi connectivity index (χ4v) is 6.48. The highest BCUT2D eigenvalue weighted by Crippen LogP contribution is 2.46. The molecule has 0 aliphatic carbocycles. The molecule has 34 heavy (non-hydrogen) atoms. The maximum absolute atomic E-state index is 2.42. The predicted molar refractivity (Wildman–Crippen MR) is 149 cm³/mol. The van der Waals surface area contributed by atoms with Crippen molar-refractivity contribution in [3.63, 3.8) is 0 Å². The van der Waals surface area contributed by atoms with E-state index in [4.69, 9.17) is 0 Å². The van der Waals surface area contributed by atoms with E-state index in [0.717, 1.165) is 0 Å². The Morgan fingerprint density at radius 1 is 0.412 bits per heavy atom. The number of hydrogen-bond donors (Lipinski definition) is 0. The smallest absolute Gasteiger partial charge is 0.00201 e. The molecule has 0 aliphatic rings. The van der Waals surface area contributed by atoms with Crippen molar-refractivity contribution in [2.24, 2.45) is 0 Å². The van der Waals surface area contributed by atoms with Gasteiger partial charge in [-0.05, 0) is 131 Å². The van der Waals surface area contributed by atoms with Crippen LogP contribution in [0.2, 0.25) is 0 Å². The molecule has 166 valence electrons. The summed E-state index contributed by atoms with van der Waals surface area (Å²) in [5, 5.41) is 8.10. The van der Waals surface area contributed by atoms with Crippen molar-refractivity contribution in [2.45, 2.75) is 41.5 Å². The molecule has 0 aromatic heterocycles. The monoisotopic (exact) mass is 438 g/mol. The summed E-state index contributed by atoms with van der Waals surface area (Å²) in [5.41, 5.74) is 13.5. The van der Waals surface area contributed by atoms with Gasteiger partial charge in [-0.2, -0.15) is 0 Å². The fraction of sp³-hybridized carbons (Fsp3) is 0.176. The molecule has 0 fully saturated rings. The van der Waals surface area contributed by atoms with Gasteiger partial charge in [0.1, 0.15) is 0 Å². The summed E-state index contributed by atoms with van der Waals surface area (Å²) in [5.74, 6) is 0. The van der Waals surface area contributed by atoms with Gasteiger partial charge in [0.05, 0.1) is 0 Å². The number of hydrogen-bond acceptors (Lipinski definition) is 0. The van der Waals surface area contributed by atoms with Crippen molar-refractivity contribution in [2.75, 3.05) is 0 Å². The van der Waals surface area contributed by atoms with E-state index in [1.165, 1.54) is 88.0 Å². The molecule has 0 saturated carbocycles. The zero-order chi connectivity index (χ0) is 23.7. The first-order chi connectivity index (χ1) is 16.3. The van der Waals surface area contributed by atoms with Crippen LogP contribution < -0.4 is 0 Å². The van der Waals surface area contributed by atoms with E-state index >= 15 is 0 Å². The van der Waals surface area contributed by atoms with Gasteiger partial charge in [-0.3, -0.25) is 0 Å². The van der Waals surface area contributed by atoms with Crippen LogP contribution in [0.4, 0.5) is 0 Å². The molecule has 0 aliphatic heterocycles. The van der Waals surface area contributed by atoms with Gasteiger partial charge in [0, 0.05) is 0 Å². The summed E-state index contributed by atoms with van der Waals surface area (Å²) in [4.78, 5) is 0. The van der Waals surface area contributed by atoms with Gasteiger partial charge < -0.3 is 0 Å². The molecule has 6 rings (SSSR count). The Labute approximate surface area is 202 Å². The molecule has 0 radical (unpaired) electrons. The molecule has 0 N–H and O–H groups in total. The van der Waals surface area contributed by atoms with Gasteiger partial charge in [-0.15, -0.1) is 0 Å². The highest BCUT2D eigenvalue weighted by atomic mass is 14.2. The lowest BCUT2D eigenvalue weighted by molar-refractivity contribution is 1.32. The number of aryl methyl sites for hydroxylation is 6. The summed E-state index contributed by atoms with van der Waals surface area (Å²) in [6.07, 6.45) is 0. The Balaban J connectivity index is 1.79. The Kier molecular flexibility index (Phi) is 4.58. The van der Waals surface area contributed by atoms with Crippen LogP contribution in [0.5, 0.6) is 0 Å². The zero-order valence-electron chi connectivity index (χ0n) is 20.9. The quantitative estimate of drug-likeness (QED) is 0.236. The van der Waals surface area contributed by atoms with E-state index in [9.17, 15) is 0 Å². The summed E-state index contributed by atoms with van der Waals surface area (Å²) in [6, 6.07) is 27.7. The van der Waals surface area contributed by atoms with Crippen LogP contribution >= 0.6 is 0 Å². The third-order valence-electron chi connectivity index (χ3n) is 7.52. The molecule has 0 spiro atoms. The normalized spacial score (nSPS) is 11.8. The second-order valence-corrected chi connectivity index (χ2v) is 10.2. The van der Waals surface area contributed by atoms with Crippen LogP contribution in [0.3, 0.4) is 0 Å². The van der Waals surface area contributed by atoms with Crippen molar-refractivity contribution < 1.29 is 0 Å². The van der Waals surface area contributed by atoms with Crippen LogP contribution in [-0.4, -0.2) is 0 Å². The molecule has 0 amide bonds. The minimum atomic E-state index is 1.32. The van der Waals surface area contributed by atoms with Crippen LogP contribution in [0, 0.1) is 41.5 Å². The Morgan fingerprint density at radius 2 is 0.765 bits per heavy atom. The first kappa shape index (κ1) is 20.9. The van der Waals surface area contributed by atoms with Crippen molar-refractivity contribution in [3.8, 4) is 22.3 Å². The molecular formula is C34H30. The maximum Gasteiger partial charge on any atom is -0.00201 e. The topological polar surface area (TPSA) is 0 Å². The van der Waals surface area contributed by atoms with E-state index in [-0.39, 0.29) is 0 Å². The molecule has 0 nitrogen and oxygen atoms in total. The molecule has 0 heteroatoms. The fourth-order valence-electron chi connectivity index (χ4n) is 6.48. The van der Waals surface area contributed by atoms with Crippen molar-refractivity contribution in [1.29, 1.82) is 0 Å². The molecule has 6 aromatic carbocycles. The first-order valence-corrected chi connectivity index (χ1v) is 12.2. The summed E-state index contributed by atoms with van der Waals surface area (Å²) in [6.45, 7) is 13.4. The van der Waals surface area contributed by atoms with Gasteiger partial charge in [-0.25, -0.2) is 0 Å². The predicted octanol–water partition coefficient (Wildman–Crippen LogP) is 9.77. The van der Waals surface area contributed by atoms with E-state index in [1.54, 1.807) is 0 Å². The number of benzene rings is 6. The molecule has 0 unspecified atom stereocenters. The summed E-state index contributed by atoms with van der Waals surface area (Å²) in [7, 11) is 0. The van der Waals surface area contributed by atoms with E-state index < -0.39 is 0 Å². The molecule has 0 bridgehead atoms. The van der Waals surface area contributed by atoms with Crippen molar-refractivity contribution in [3.05, 3.63) is 106 Å². The van der Waals surface area contributed by atoms with E-state index in [0.29, 0.717) is 0 Å². The van der Waals surface area contributed by atoms with Gasteiger partial charge in [0.25, 0.3) is 0 Å². The maximum atomic E-state index is 2.42. The summed E-state index contributed by atoms with van der Waals surface area (Å²) < 4.78 is 0. The second kappa shape index (κ2) is 7.43. The van der Waals surface area contributed by atoms with Crippen LogP contribution in [0.1, 0.15) is 33.4 Å². The van der Waals surface area contributed by atoms with Gasteiger partial charge in [0.15, 0.2) is 0 Å². The first-order valence-electron chi connectivity index (χ1n) is 12.2. The second-order valence-electron chi connectivity index (χ2n) is 10.2. The average Bonchev–Trinajstić information content (AvgIpc) is 2.77. The van der Waals surface area contributed by atoms with Crippen LogP contribution in [-0.2, 0) is 0 Å². The molecule has 0 atom stereocenters. The minimum absolute atomic E-state index is 1.32. The minimum Gasteiger partial charge on any atom is -0.0610 e. The van der Waals surface area contributed by atoms with Gasteiger partial charge in [-0.1, -0.05) is 71.8 Å². The largest absolute Gasteiger partial charge is 0.0610 e. The third-order valence-corrected chi connectivity index (χ3v) is 7.52. The SMILES string of the molecule is Cc1cc(C)c(-c2cc3cccc4c(-c5c(C)cc(C)cc5C)cc5cccc2c5c34)c(C)c1. The zero-order valence-corrected chi connectivity index (χ0v) is 20.9. The van der Waals surface area contributed by atoms with Gasteiger partial charge >= 0.3 is 0 Å². The lowest BCUT2D eigenvalue weighted by Gasteiger charge is -2.21. The van der Waals surface area contributed by atoms with E-state index in [1.807, 2.05) is 0 Å². The summed E-state index contributed by atoms with van der Waals surface area (Å²) >= 11 is 0. The van der Waals surface area contributed by atoms with Crippen LogP contribution in [0.15, 0.2) is 72.8 Å². The highest BCUT2D eigenvalue weighted by molar-refractivity contribution is 6.29. The van der Waals surface area contributed by atoms with Crippen molar-refractivity contribution >= 4 is 32.3 Å². The van der Waals surface area contributed by atoms with Crippen LogP contribution in [0.25, 0.3) is 54.6 Å². The molecule has 0 saturated heterocycles. The highest BCUT2D eigenvalue weighted by Gasteiger charge is 2.19. The number of rotatable bonds is 2. The Bertz CT molecular complexity index is 1570. The average molecular weight is 439 g/mol. The Morgan fingerprint density at radius 3 is 1.12 bits per heavy atom. The van der Waals surface area contributed by atoms with E-state index in [2.05, 4.69) is 114 Å². The lowest BCUT2D eigenvalue weighted by Crippen LogP contribution is -1.96. The third kappa shape index (κ3) is 2.98. The lowest BCUT2D eigenvalue weighted by atomic mass is 9.82. The van der Waals surface area contributed by atoms with Gasteiger partial charge in [0.2, 0.25) is 0 Å².